The third kappa shape index (κ3) is 4.51. The maximum absolute atomic E-state index is 12.2. The number of nitrogens with one attached hydrogen (secondary N) is 2. The minimum Gasteiger partial charge on any atom is -0.346 e. The van der Waals surface area contributed by atoms with Gasteiger partial charge in [-0.15, -0.1) is 11.3 Å². The van der Waals surface area contributed by atoms with Gasteiger partial charge in [0.2, 0.25) is 11.8 Å². The number of aryl methyl sites for hydroxylation is 4. The molecule has 2 amide bonds. The number of nitrogens with zero attached hydrogens (tertiary/aromatic N) is 2. The molecular formula is C20H22N4O2S2. The Morgan fingerprint density at radius 2 is 1.79 bits per heavy atom. The number of rotatable bonds is 6. The maximum Gasteiger partial charge on any atom is 0.243 e. The molecule has 8 heteroatoms. The van der Waals surface area contributed by atoms with Crippen molar-refractivity contribution in [3.63, 3.8) is 0 Å². The summed E-state index contributed by atoms with van der Waals surface area (Å²) in [7, 11) is 0. The van der Waals surface area contributed by atoms with Gasteiger partial charge in [0.1, 0.15) is 16.2 Å². The molecule has 0 saturated carbocycles. The number of amides is 2. The molecule has 0 aliphatic rings. The fraction of sp³-hybridized carbons (Fsp3) is 0.300. The molecule has 3 aromatic rings. The summed E-state index contributed by atoms with van der Waals surface area (Å²) in [6, 6.07) is 5.82. The third-order valence-corrected chi connectivity index (χ3v) is 6.57. The van der Waals surface area contributed by atoms with Crippen molar-refractivity contribution in [1.82, 2.24) is 15.3 Å². The first-order valence-electron chi connectivity index (χ1n) is 8.83. The number of hydrogen-bond acceptors (Lipinski definition) is 6. The second kappa shape index (κ2) is 8.70. The monoisotopic (exact) mass is 414 g/mol. The molecule has 2 N–H and O–H groups in total. The van der Waals surface area contributed by atoms with E-state index in [0.717, 1.165) is 37.6 Å². The van der Waals surface area contributed by atoms with Crippen LogP contribution in [0, 0.1) is 27.7 Å². The molecule has 146 valence electrons. The fourth-order valence-electron chi connectivity index (χ4n) is 2.82. The quantitative estimate of drug-likeness (QED) is 0.474. The Bertz CT molecular complexity index is 1030. The highest BCUT2D eigenvalue weighted by molar-refractivity contribution is 8.00. The van der Waals surface area contributed by atoms with Gasteiger partial charge in [0.25, 0.3) is 0 Å². The summed E-state index contributed by atoms with van der Waals surface area (Å²) in [5.74, 6) is -0.264. The molecule has 2 heterocycles. The number of carbonyl (C=O) groups is 2. The Kier molecular flexibility index (Phi) is 6.31. The lowest BCUT2D eigenvalue weighted by atomic mass is 10.1. The molecule has 0 saturated heterocycles. The Morgan fingerprint density at radius 1 is 1.07 bits per heavy atom. The van der Waals surface area contributed by atoms with Crippen LogP contribution in [0.2, 0.25) is 0 Å². The second-order valence-corrected chi connectivity index (χ2v) is 8.69. The number of hydrogen-bond donors (Lipinski definition) is 2. The van der Waals surface area contributed by atoms with Crippen molar-refractivity contribution >= 4 is 50.8 Å². The normalized spacial score (nSPS) is 10.9. The second-order valence-electron chi connectivity index (χ2n) is 6.52. The van der Waals surface area contributed by atoms with Gasteiger partial charge in [-0.05, 0) is 44.4 Å². The maximum atomic E-state index is 12.2. The molecule has 3 rings (SSSR count). The third-order valence-electron chi connectivity index (χ3n) is 4.46. The van der Waals surface area contributed by atoms with E-state index in [4.69, 9.17) is 0 Å². The summed E-state index contributed by atoms with van der Waals surface area (Å²) in [4.78, 5) is 35.1. The van der Waals surface area contributed by atoms with Gasteiger partial charge in [-0.25, -0.2) is 9.97 Å². The molecule has 0 radical (unpaired) electrons. The molecule has 0 bridgehead atoms. The Labute approximate surface area is 172 Å². The largest absolute Gasteiger partial charge is 0.346 e. The molecule has 1 aromatic carbocycles. The topological polar surface area (TPSA) is 84.0 Å². The van der Waals surface area contributed by atoms with Crippen LogP contribution in [0.4, 0.5) is 5.69 Å². The average Bonchev–Trinajstić information content (AvgIpc) is 2.96. The highest BCUT2D eigenvalue weighted by Crippen LogP contribution is 2.34. The average molecular weight is 415 g/mol. The number of fused-ring (bicyclic) bond motifs is 1. The van der Waals surface area contributed by atoms with Crippen molar-refractivity contribution in [2.75, 3.05) is 17.6 Å². The van der Waals surface area contributed by atoms with Crippen LogP contribution in [0.25, 0.3) is 10.2 Å². The SMILES string of the molecule is Cc1cccc(C)c1NC(=O)CNC(=O)CSc1ncnc2sc(C)c(C)c12. The van der Waals surface area contributed by atoms with Crippen molar-refractivity contribution in [3.05, 3.63) is 46.1 Å². The lowest BCUT2D eigenvalue weighted by Gasteiger charge is -2.12. The zero-order valence-electron chi connectivity index (χ0n) is 16.3. The predicted molar refractivity (Wildman–Crippen MR) is 115 cm³/mol. The highest BCUT2D eigenvalue weighted by atomic mass is 32.2. The number of anilines is 1. The molecule has 0 spiro atoms. The number of aromatic nitrogens is 2. The van der Waals surface area contributed by atoms with Crippen LogP contribution in [-0.4, -0.2) is 34.1 Å². The zero-order chi connectivity index (χ0) is 20.3. The van der Waals surface area contributed by atoms with Crippen LogP contribution < -0.4 is 10.6 Å². The number of thioether (sulfide) groups is 1. The number of benzene rings is 1. The first kappa shape index (κ1) is 20.3. The van der Waals surface area contributed by atoms with Gasteiger partial charge in [0.05, 0.1) is 12.3 Å². The smallest absolute Gasteiger partial charge is 0.243 e. The molecule has 2 aromatic heterocycles. The van der Waals surface area contributed by atoms with Crippen LogP contribution >= 0.6 is 23.1 Å². The van der Waals surface area contributed by atoms with E-state index >= 15 is 0 Å². The van der Waals surface area contributed by atoms with E-state index in [2.05, 4.69) is 27.5 Å². The summed E-state index contributed by atoms with van der Waals surface area (Å²) < 4.78 is 0. The van der Waals surface area contributed by atoms with E-state index in [0.29, 0.717) is 0 Å². The lowest BCUT2D eigenvalue weighted by molar-refractivity contribution is -0.122. The van der Waals surface area contributed by atoms with Gasteiger partial charge in [-0.1, -0.05) is 30.0 Å². The molecule has 6 nitrogen and oxygen atoms in total. The Hall–Kier alpha value is -2.45. The van der Waals surface area contributed by atoms with E-state index in [1.165, 1.54) is 23.0 Å². The molecule has 28 heavy (non-hydrogen) atoms. The van der Waals surface area contributed by atoms with Crippen LogP contribution in [0.5, 0.6) is 0 Å². The number of para-hydroxylation sites is 1. The van der Waals surface area contributed by atoms with Crippen LogP contribution in [0.3, 0.4) is 0 Å². The first-order valence-corrected chi connectivity index (χ1v) is 10.6. The van der Waals surface area contributed by atoms with Crippen molar-refractivity contribution in [2.24, 2.45) is 0 Å². The minimum atomic E-state index is -0.246. The van der Waals surface area contributed by atoms with Crippen LogP contribution in [0.15, 0.2) is 29.6 Å². The summed E-state index contributed by atoms with van der Waals surface area (Å²) in [6.45, 7) is 7.91. The summed E-state index contributed by atoms with van der Waals surface area (Å²) in [5, 5.41) is 7.33. The predicted octanol–water partition coefficient (Wildman–Crippen LogP) is 3.77. The zero-order valence-corrected chi connectivity index (χ0v) is 17.9. The Morgan fingerprint density at radius 3 is 2.50 bits per heavy atom. The molecule has 0 fully saturated rings. The van der Waals surface area contributed by atoms with Crippen molar-refractivity contribution in [3.8, 4) is 0 Å². The molecule has 0 aliphatic heterocycles. The number of carbonyl (C=O) groups excluding carboxylic acids is 2. The summed E-state index contributed by atoms with van der Waals surface area (Å²) >= 11 is 2.98. The molecule has 0 aliphatic carbocycles. The molecule has 0 atom stereocenters. The van der Waals surface area contributed by atoms with Crippen LogP contribution in [0.1, 0.15) is 21.6 Å². The van der Waals surface area contributed by atoms with Crippen molar-refractivity contribution in [1.29, 1.82) is 0 Å². The standard InChI is InChI=1S/C20H22N4O2S2/c1-11-6-5-7-12(2)18(11)24-15(25)8-21-16(26)9-27-19-17-13(3)14(4)28-20(17)23-10-22-19/h5-7,10H,8-9H2,1-4H3,(H,21,26)(H,24,25). The minimum absolute atomic E-state index is 0.0665. The fourth-order valence-corrected chi connectivity index (χ4v) is 4.77. The van der Waals surface area contributed by atoms with Gasteiger partial charge >= 0.3 is 0 Å². The summed E-state index contributed by atoms with van der Waals surface area (Å²) in [5.41, 5.74) is 3.92. The van der Waals surface area contributed by atoms with E-state index in [9.17, 15) is 9.59 Å². The summed E-state index contributed by atoms with van der Waals surface area (Å²) in [6.07, 6.45) is 1.52. The van der Waals surface area contributed by atoms with Gasteiger partial charge in [-0.2, -0.15) is 0 Å². The lowest BCUT2D eigenvalue weighted by Crippen LogP contribution is -2.34. The molecular weight excluding hydrogens is 392 g/mol. The van der Waals surface area contributed by atoms with E-state index in [1.54, 1.807) is 11.3 Å². The van der Waals surface area contributed by atoms with Gasteiger partial charge in [0, 0.05) is 16.0 Å². The Balaban J connectivity index is 1.55. The van der Waals surface area contributed by atoms with Crippen molar-refractivity contribution < 1.29 is 9.59 Å². The van der Waals surface area contributed by atoms with Crippen molar-refractivity contribution in [2.45, 2.75) is 32.7 Å². The van der Waals surface area contributed by atoms with E-state index < -0.39 is 0 Å². The van der Waals surface area contributed by atoms with E-state index in [1.807, 2.05) is 39.0 Å². The van der Waals surface area contributed by atoms with E-state index in [-0.39, 0.29) is 24.1 Å². The van der Waals surface area contributed by atoms with Gasteiger partial charge in [-0.3, -0.25) is 9.59 Å². The molecule has 0 unspecified atom stereocenters. The van der Waals surface area contributed by atoms with Gasteiger partial charge < -0.3 is 10.6 Å². The first-order chi connectivity index (χ1) is 13.4. The van der Waals surface area contributed by atoms with Crippen LogP contribution in [-0.2, 0) is 9.59 Å². The van der Waals surface area contributed by atoms with Gasteiger partial charge in [0.15, 0.2) is 0 Å². The number of thiophene rings is 1. The highest BCUT2D eigenvalue weighted by Gasteiger charge is 2.14.